The van der Waals surface area contributed by atoms with E-state index in [1.165, 1.54) is 44.4 Å². The molecule has 1 amide bonds. The molecule has 1 unspecified atom stereocenters. The zero-order valence-corrected chi connectivity index (χ0v) is 25.0. The number of pyridine rings is 1. The van der Waals surface area contributed by atoms with Crippen molar-refractivity contribution in [3.63, 3.8) is 0 Å². The molecule has 5 aromatic rings. The first kappa shape index (κ1) is 31.7. The normalized spacial score (nSPS) is 11.6. The smallest absolute Gasteiger partial charge is 0.335 e. The molecule has 0 radical (unpaired) electrons. The van der Waals surface area contributed by atoms with Crippen LogP contribution in [0.15, 0.2) is 72.8 Å². The number of carbonyl (C=O) groups is 2. The van der Waals surface area contributed by atoms with Gasteiger partial charge in [0.15, 0.2) is 0 Å². The first-order valence-corrected chi connectivity index (χ1v) is 14.2. The number of imidazole rings is 1. The van der Waals surface area contributed by atoms with Crippen molar-refractivity contribution in [1.82, 2.24) is 19.9 Å². The SMILES string of the molecule is COC(CNC(C)=O)Cn1c(Cc2ccc(-c3cccc(OCc4ccc(C#N)cc4F)n3)cc2F)nc2ccc(C(=O)O)cc21. The monoisotopic (exact) mass is 625 g/mol. The van der Waals surface area contributed by atoms with Gasteiger partial charge >= 0.3 is 5.97 Å². The molecule has 46 heavy (non-hydrogen) atoms. The van der Waals surface area contributed by atoms with Crippen LogP contribution in [0.3, 0.4) is 0 Å². The number of nitrogens with one attached hydrogen (secondary N) is 1. The van der Waals surface area contributed by atoms with E-state index in [9.17, 15) is 19.1 Å². The maximum atomic E-state index is 15.6. The number of carbonyl (C=O) groups excluding carboxylic acids is 1. The standard InChI is InChI=1S/C34H29F2N5O5/c1-20(42)38-17-26(45-2)18-41-31-14-24(34(43)44)10-11-30(31)39-32(41)15-22-8-9-23(13-28(22)36)29-4-3-5-33(40-29)46-19-25-7-6-21(16-37)12-27(25)35/h3-14,26H,15,17-19H2,1-2H3,(H,38,42)(H,43,44). The molecule has 0 aliphatic rings. The van der Waals surface area contributed by atoms with Crippen LogP contribution in [-0.2, 0) is 29.1 Å². The lowest BCUT2D eigenvalue weighted by Gasteiger charge is -2.19. The van der Waals surface area contributed by atoms with Crippen molar-refractivity contribution < 1.29 is 33.0 Å². The lowest BCUT2D eigenvalue weighted by Crippen LogP contribution is -2.34. The summed E-state index contributed by atoms with van der Waals surface area (Å²) in [6.07, 6.45) is -0.373. The maximum absolute atomic E-state index is 15.6. The number of carboxylic acid groups (broad SMARTS) is 1. The molecule has 12 heteroatoms. The van der Waals surface area contributed by atoms with E-state index in [0.717, 1.165) is 6.07 Å². The highest BCUT2D eigenvalue weighted by molar-refractivity contribution is 5.92. The summed E-state index contributed by atoms with van der Waals surface area (Å²) in [5.41, 5.74) is 2.90. The number of nitriles is 1. The van der Waals surface area contributed by atoms with Crippen molar-refractivity contribution in [2.24, 2.45) is 0 Å². The molecule has 0 bridgehead atoms. The third-order valence-electron chi connectivity index (χ3n) is 7.35. The Morgan fingerprint density at radius 3 is 2.50 bits per heavy atom. The Morgan fingerprint density at radius 2 is 1.80 bits per heavy atom. The van der Waals surface area contributed by atoms with Crippen LogP contribution in [-0.4, -0.2) is 51.3 Å². The Balaban J connectivity index is 1.39. The van der Waals surface area contributed by atoms with Gasteiger partial charge in [-0.05, 0) is 48.0 Å². The van der Waals surface area contributed by atoms with Crippen LogP contribution in [0.5, 0.6) is 5.88 Å². The summed E-state index contributed by atoms with van der Waals surface area (Å²) < 4.78 is 42.9. The molecule has 3 aromatic carbocycles. The topological polar surface area (TPSA) is 139 Å². The molecule has 2 N–H and O–H groups in total. The van der Waals surface area contributed by atoms with E-state index in [4.69, 9.17) is 14.7 Å². The van der Waals surface area contributed by atoms with Crippen LogP contribution in [0, 0.1) is 23.0 Å². The van der Waals surface area contributed by atoms with Gasteiger partial charge in [0.2, 0.25) is 11.8 Å². The van der Waals surface area contributed by atoms with Crippen LogP contribution in [0.2, 0.25) is 0 Å². The first-order chi connectivity index (χ1) is 22.1. The van der Waals surface area contributed by atoms with Crippen molar-refractivity contribution in [2.75, 3.05) is 13.7 Å². The highest BCUT2D eigenvalue weighted by Gasteiger charge is 2.19. The second-order valence-corrected chi connectivity index (χ2v) is 10.5. The average molecular weight is 626 g/mol. The van der Waals surface area contributed by atoms with Crippen molar-refractivity contribution in [3.05, 3.63) is 113 Å². The molecule has 2 aromatic heterocycles. The minimum Gasteiger partial charge on any atom is -0.478 e. The molecule has 0 fully saturated rings. The number of hydrogen-bond donors (Lipinski definition) is 2. The molecule has 1 atom stereocenters. The Hall–Kier alpha value is -5.67. The van der Waals surface area contributed by atoms with Gasteiger partial charge in [0.1, 0.15) is 24.1 Å². The van der Waals surface area contributed by atoms with E-state index in [0.29, 0.717) is 33.7 Å². The minimum absolute atomic E-state index is 0.0762. The molecule has 0 saturated heterocycles. The van der Waals surface area contributed by atoms with Gasteiger partial charge in [-0.3, -0.25) is 4.79 Å². The van der Waals surface area contributed by atoms with Crippen LogP contribution < -0.4 is 10.1 Å². The highest BCUT2D eigenvalue weighted by Crippen LogP contribution is 2.26. The number of benzene rings is 3. The van der Waals surface area contributed by atoms with Crippen molar-refractivity contribution in [3.8, 4) is 23.2 Å². The second-order valence-electron chi connectivity index (χ2n) is 10.5. The third kappa shape index (κ3) is 7.34. The fourth-order valence-corrected chi connectivity index (χ4v) is 4.89. The maximum Gasteiger partial charge on any atom is 0.335 e. The van der Waals surface area contributed by atoms with Gasteiger partial charge in [-0.15, -0.1) is 0 Å². The Labute approximate surface area is 262 Å². The number of methoxy groups -OCH3 is 1. The predicted octanol–water partition coefficient (Wildman–Crippen LogP) is 5.27. The van der Waals surface area contributed by atoms with Gasteiger partial charge in [0.05, 0.1) is 46.6 Å². The third-order valence-corrected chi connectivity index (χ3v) is 7.35. The number of hydrogen-bond acceptors (Lipinski definition) is 7. The number of amides is 1. The fourth-order valence-electron chi connectivity index (χ4n) is 4.89. The molecule has 10 nitrogen and oxygen atoms in total. The first-order valence-electron chi connectivity index (χ1n) is 14.2. The molecule has 0 aliphatic carbocycles. The summed E-state index contributed by atoms with van der Waals surface area (Å²) in [7, 11) is 1.51. The molecule has 234 valence electrons. The largest absolute Gasteiger partial charge is 0.478 e. The van der Waals surface area contributed by atoms with E-state index < -0.39 is 23.7 Å². The van der Waals surface area contributed by atoms with Gasteiger partial charge in [-0.25, -0.2) is 23.5 Å². The van der Waals surface area contributed by atoms with Gasteiger partial charge < -0.3 is 24.5 Å². The molecule has 5 rings (SSSR count). The molecule has 0 spiro atoms. The predicted molar refractivity (Wildman–Crippen MR) is 164 cm³/mol. The molecular formula is C34H29F2N5O5. The van der Waals surface area contributed by atoms with E-state index >= 15 is 4.39 Å². The summed E-state index contributed by atoms with van der Waals surface area (Å²) in [4.78, 5) is 32.3. The lowest BCUT2D eigenvalue weighted by atomic mass is 10.1. The van der Waals surface area contributed by atoms with Gasteiger partial charge in [-0.1, -0.05) is 24.3 Å². The summed E-state index contributed by atoms with van der Waals surface area (Å²) in [5.74, 6) is -1.68. The zero-order chi connectivity index (χ0) is 32.8. The fraction of sp³-hybridized carbons (Fsp3) is 0.206. The number of rotatable bonds is 12. The molecule has 2 heterocycles. The quantitative estimate of drug-likeness (QED) is 0.191. The summed E-state index contributed by atoms with van der Waals surface area (Å²) in [5, 5.41) is 21.2. The van der Waals surface area contributed by atoms with E-state index in [2.05, 4.69) is 15.3 Å². The number of carboxylic acids is 1. The zero-order valence-electron chi connectivity index (χ0n) is 25.0. The van der Waals surface area contributed by atoms with Crippen molar-refractivity contribution in [2.45, 2.75) is 32.6 Å². The number of aromatic nitrogens is 3. The highest BCUT2D eigenvalue weighted by atomic mass is 19.1. The van der Waals surface area contributed by atoms with Crippen molar-refractivity contribution >= 4 is 22.9 Å². The van der Waals surface area contributed by atoms with Gasteiger partial charge in [0.25, 0.3) is 0 Å². The van der Waals surface area contributed by atoms with Crippen molar-refractivity contribution in [1.29, 1.82) is 5.26 Å². The Kier molecular flexibility index (Phi) is 9.64. The van der Waals surface area contributed by atoms with E-state index in [1.54, 1.807) is 41.0 Å². The molecule has 0 aliphatic heterocycles. The van der Waals surface area contributed by atoms with Crippen LogP contribution >= 0.6 is 0 Å². The van der Waals surface area contributed by atoms with Crippen LogP contribution in [0.4, 0.5) is 8.78 Å². The number of nitrogens with zero attached hydrogens (tertiary/aromatic N) is 4. The summed E-state index contributed by atoms with van der Waals surface area (Å²) >= 11 is 0. The molecular weight excluding hydrogens is 596 g/mol. The van der Waals surface area contributed by atoms with Crippen LogP contribution in [0.1, 0.15) is 39.8 Å². The lowest BCUT2D eigenvalue weighted by molar-refractivity contribution is -0.119. The number of halogens is 2. The summed E-state index contributed by atoms with van der Waals surface area (Å²) in [6, 6.07) is 20.3. The Bertz CT molecular complexity index is 1970. The van der Waals surface area contributed by atoms with Crippen LogP contribution in [0.25, 0.3) is 22.3 Å². The van der Waals surface area contributed by atoms with E-state index in [-0.39, 0.29) is 54.6 Å². The average Bonchev–Trinajstić information content (AvgIpc) is 3.38. The summed E-state index contributed by atoms with van der Waals surface area (Å²) in [6.45, 7) is 1.73. The second kappa shape index (κ2) is 14.0. The number of ether oxygens (including phenoxy) is 2. The minimum atomic E-state index is -1.09. The number of aromatic carboxylic acids is 1. The number of fused-ring (bicyclic) bond motifs is 1. The van der Waals surface area contributed by atoms with E-state index in [1.807, 2.05) is 6.07 Å². The Morgan fingerprint density at radius 1 is 1.02 bits per heavy atom. The van der Waals surface area contributed by atoms with Gasteiger partial charge in [0, 0.05) is 44.2 Å². The van der Waals surface area contributed by atoms with Gasteiger partial charge in [-0.2, -0.15) is 5.26 Å². The molecule has 0 saturated carbocycles.